The molecule has 8 heteroatoms. The van der Waals surface area contributed by atoms with Crippen LogP contribution in [0.1, 0.15) is 37.8 Å². The molecule has 0 aromatic heterocycles. The second-order valence-electron chi connectivity index (χ2n) is 6.71. The number of morpholine rings is 1. The van der Waals surface area contributed by atoms with Crippen LogP contribution in [0.25, 0.3) is 0 Å². The first-order valence-corrected chi connectivity index (χ1v) is 8.88. The molecule has 1 saturated carbocycles. The summed E-state index contributed by atoms with van der Waals surface area (Å²) in [5, 5.41) is 12.0. The third-order valence-corrected chi connectivity index (χ3v) is 4.39. The monoisotopic (exact) mass is 382 g/mol. The highest BCUT2D eigenvalue weighted by Gasteiger charge is 2.23. The summed E-state index contributed by atoms with van der Waals surface area (Å²) in [6, 6.07) is 7.68. The van der Waals surface area contributed by atoms with E-state index in [4.69, 9.17) is 4.74 Å². The van der Waals surface area contributed by atoms with E-state index < -0.39 is 0 Å². The molecule has 26 heavy (non-hydrogen) atoms. The van der Waals surface area contributed by atoms with E-state index in [0.29, 0.717) is 25.7 Å². The fourth-order valence-electron chi connectivity index (χ4n) is 2.79. The zero-order valence-electron chi connectivity index (χ0n) is 14.9. The average Bonchev–Trinajstić information content (AvgIpc) is 3.40. The molecule has 1 saturated heterocycles. The Kier molecular flexibility index (Phi) is 7.68. The van der Waals surface area contributed by atoms with Gasteiger partial charge in [0.15, 0.2) is 0 Å². The Morgan fingerprint density at radius 1 is 1.27 bits per heavy atom. The van der Waals surface area contributed by atoms with E-state index in [1.54, 1.807) is 0 Å². The Hall–Kier alpha value is -1.83. The molecule has 0 bridgehead atoms. The zero-order chi connectivity index (χ0) is 17.6. The van der Waals surface area contributed by atoms with Gasteiger partial charge >= 0.3 is 6.03 Å². The highest BCUT2D eigenvalue weighted by atomic mass is 35.5. The van der Waals surface area contributed by atoms with Crippen LogP contribution in [0.4, 0.5) is 10.5 Å². The van der Waals surface area contributed by atoms with E-state index in [-0.39, 0.29) is 36.4 Å². The molecule has 3 amide bonds. The second-order valence-corrected chi connectivity index (χ2v) is 6.71. The largest absolute Gasteiger partial charge is 0.378 e. The smallest absolute Gasteiger partial charge is 0.319 e. The fourth-order valence-corrected chi connectivity index (χ4v) is 2.79. The molecule has 0 radical (unpaired) electrons. The normalized spacial score (nSPS) is 20.4. The van der Waals surface area contributed by atoms with Gasteiger partial charge in [0.05, 0.1) is 19.3 Å². The molecule has 1 aliphatic heterocycles. The van der Waals surface area contributed by atoms with Gasteiger partial charge in [0.1, 0.15) is 0 Å². The molecule has 0 spiro atoms. The summed E-state index contributed by atoms with van der Waals surface area (Å²) >= 11 is 0. The van der Waals surface area contributed by atoms with Gasteiger partial charge in [0.2, 0.25) is 5.91 Å². The van der Waals surface area contributed by atoms with Crippen molar-refractivity contribution in [1.29, 1.82) is 0 Å². The van der Waals surface area contributed by atoms with E-state index in [2.05, 4.69) is 21.3 Å². The summed E-state index contributed by atoms with van der Waals surface area (Å²) in [6.45, 7) is 4.01. The lowest BCUT2D eigenvalue weighted by atomic mass is 10.1. The van der Waals surface area contributed by atoms with Crippen LogP contribution in [0.2, 0.25) is 0 Å². The molecule has 2 unspecified atom stereocenters. The van der Waals surface area contributed by atoms with Gasteiger partial charge in [-0.2, -0.15) is 0 Å². The number of benzene rings is 1. The second kappa shape index (κ2) is 9.75. The van der Waals surface area contributed by atoms with Crippen molar-refractivity contribution in [2.45, 2.75) is 44.3 Å². The van der Waals surface area contributed by atoms with Gasteiger partial charge in [-0.1, -0.05) is 12.1 Å². The molecule has 1 aromatic carbocycles. The van der Waals surface area contributed by atoms with E-state index in [0.717, 1.165) is 30.6 Å². The minimum atomic E-state index is -0.168. The number of hydrogen-bond acceptors (Lipinski definition) is 4. The van der Waals surface area contributed by atoms with Gasteiger partial charge in [-0.15, -0.1) is 12.4 Å². The number of amides is 3. The van der Waals surface area contributed by atoms with Gasteiger partial charge in [0.25, 0.3) is 0 Å². The van der Waals surface area contributed by atoms with E-state index in [1.807, 2.05) is 31.2 Å². The third kappa shape index (κ3) is 6.48. The molecular weight excluding hydrogens is 356 g/mol. The van der Waals surface area contributed by atoms with Crippen molar-refractivity contribution in [3.63, 3.8) is 0 Å². The van der Waals surface area contributed by atoms with Crippen molar-refractivity contribution in [3.8, 4) is 0 Å². The maximum atomic E-state index is 12.1. The number of ether oxygens (including phenoxy) is 1. The molecule has 2 atom stereocenters. The Bertz CT molecular complexity index is 601. The van der Waals surface area contributed by atoms with Crippen molar-refractivity contribution in [2.24, 2.45) is 0 Å². The Morgan fingerprint density at radius 2 is 2.00 bits per heavy atom. The standard InChI is InChI=1S/C18H26N4O3.ClH/c1-12(20-17(23)10-16-11-25-9-8-19-16)13-2-4-14(5-3-13)21-18(24)22-15-6-7-15;/h2-5,12,15-16,19H,6-11H2,1H3,(H,20,23)(H2,21,22,24);1H. The number of urea groups is 1. The number of halogens is 1. The lowest BCUT2D eigenvalue weighted by Gasteiger charge is -2.24. The average molecular weight is 383 g/mol. The Labute approximate surface area is 160 Å². The topological polar surface area (TPSA) is 91.5 Å². The van der Waals surface area contributed by atoms with Crippen LogP contribution in [0.3, 0.4) is 0 Å². The Morgan fingerprint density at radius 3 is 2.62 bits per heavy atom. The molecule has 1 aliphatic carbocycles. The van der Waals surface area contributed by atoms with Crippen LogP contribution in [0, 0.1) is 0 Å². The van der Waals surface area contributed by atoms with Gasteiger partial charge in [-0.05, 0) is 37.5 Å². The minimum Gasteiger partial charge on any atom is -0.378 e. The number of carbonyl (C=O) groups excluding carboxylic acids is 2. The summed E-state index contributed by atoms with van der Waals surface area (Å²) < 4.78 is 5.36. The van der Waals surface area contributed by atoms with Gasteiger partial charge < -0.3 is 26.0 Å². The fraction of sp³-hybridized carbons (Fsp3) is 0.556. The summed E-state index contributed by atoms with van der Waals surface area (Å²) in [6.07, 6.45) is 2.53. The van der Waals surface area contributed by atoms with Crippen LogP contribution in [0.15, 0.2) is 24.3 Å². The number of carbonyl (C=O) groups is 2. The first kappa shape index (κ1) is 20.5. The van der Waals surface area contributed by atoms with Crippen LogP contribution < -0.4 is 21.3 Å². The molecule has 144 valence electrons. The van der Waals surface area contributed by atoms with Crippen LogP contribution in [-0.2, 0) is 9.53 Å². The molecular formula is C18H27ClN4O3. The zero-order valence-corrected chi connectivity index (χ0v) is 15.7. The maximum absolute atomic E-state index is 12.1. The first-order valence-electron chi connectivity index (χ1n) is 8.88. The highest BCUT2D eigenvalue weighted by molar-refractivity contribution is 5.89. The van der Waals surface area contributed by atoms with E-state index in [1.165, 1.54) is 0 Å². The molecule has 2 aliphatic rings. The quantitative estimate of drug-likeness (QED) is 0.605. The lowest BCUT2D eigenvalue weighted by Crippen LogP contribution is -2.44. The van der Waals surface area contributed by atoms with Gasteiger partial charge in [0, 0.05) is 30.7 Å². The summed E-state index contributed by atoms with van der Waals surface area (Å²) in [5.74, 6) is 0.00140. The van der Waals surface area contributed by atoms with Crippen LogP contribution >= 0.6 is 12.4 Å². The number of anilines is 1. The summed E-state index contributed by atoms with van der Waals surface area (Å²) in [4.78, 5) is 23.9. The van der Waals surface area contributed by atoms with Crippen LogP contribution in [0.5, 0.6) is 0 Å². The van der Waals surface area contributed by atoms with Crippen molar-refractivity contribution in [1.82, 2.24) is 16.0 Å². The van der Waals surface area contributed by atoms with Crippen molar-refractivity contribution >= 4 is 30.0 Å². The predicted molar refractivity (Wildman–Crippen MR) is 103 cm³/mol. The molecule has 1 aromatic rings. The van der Waals surface area contributed by atoms with Crippen molar-refractivity contribution in [3.05, 3.63) is 29.8 Å². The van der Waals surface area contributed by atoms with Crippen molar-refractivity contribution < 1.29 is 14.3 Å². The maximum Gasteiger partial charge on any atom is 0.319 e. The molecule has 1 heterocycles. The highest BCUT2D eigenvalue weighted by Crippen LogP contribution is 2.19. The molecule has 4 N–H and O–H groups in total. The summed E-state index contributed by atoms with van der Waals surface area (Å²) in [5.41, 5.74) is 1.73. The van der Waals surface area contributed by atoms with Gasteiger partial charge in [-0.25, -0.2) is 4.79 Å². The molecule has 3 rings (SSSR count). The SMILES string of the molecule is CC(NC(=O)CC1COCCN1)c1ccc(NC(=O)NC2CC2)cc1.Cl. The number of nitrogens with one attached hydrogen (secondary N) is 4. The summed E-state index contributed by atoms with van der Waals surface area (Å²) in [7, 11) is 0. The number of rotatable bonds is 6. The first-order chi connectivity index (χ1) is 12.1. The van der Waals surface area contributed by atoms with Crippen LogP contribution in [-0.4, -0.2) is 43.8 Å². The van der Waals surface area contributed by atoms with E-state index in [9.17, 15) is 9.59 Å². The lowest BCUT2D eigenvalue weighted by molar-refractivity contribution is -0.122. The minimum absolute atomic E-state index is 0. The van der Waals surface area contributed by atoms with Crippen molar-refractivity contribution in [2.75, 3.05) is 25.1 Å². The number of hydrogen-bond donors (Lipinski definition) is 4. The van der Waals surface area contributed by atoms with Gasteiger partial charge in [-0.3, -0.25) is 4.79 Å². The third-order valence-electron chi connectivity index (χ3n) is 4.39. The predicted octanol–water partition coefficient (Wildman–Crippen LogP) is 1.95. The van der Waals surface area contributed by atoms with E-state index >= 15 is 0 Å². The molecule has 7 nitrogen and oxygen atoms in total. The Balaban J connectivity index is 0.00000243. The molecule has 2 fully saturated rings.